The second kappa shape index (κ2) is 9.66. The van der Waals surface area contributed by atoms with Crippen molar-refractivity contribution < 1.29 is 4.79 Å². The van der Waals surface area contributed by atoms with Crippen molar-refractivity contribution in [3.63, 3.8) is 0 Å². The molecule has 0 fully saturated rings. The van der Waals surface area contributed by atoms with Gasteiger partial charge in [0.15, 0.2) is 0 Å². The smallest absolute Gasteiger partial charge is 0.252 e. The summed E-state index contributed by atoms with van der Waals surface area (Å²) in [5.74, 6) is -0.433. The first-order valence-electron chi connectivity index (χ1n) is 8.71. The molecular formula is C21H26N2O. The number of nitrogens with zero attached hydrogens (tertiary/aromatic N) is 1. The molecule has 1 amide bonds. The van der Waals surface area contributed by atoms with E-state index in [2.05, 4.69) is 24.4 Å². The Kier molecular flexibility index (Phi) is 7.21. The van der Waals surface area contributed by atoms with E-state index in [1.165, 1.54) is 0 Å². The van der Waals surface area contributed by atoms with Gasteiger partial charge in [-0.15, -0.1) is 0 Å². The van der Waals surface area contributed by atoms with Gasteiger partial charge in [0.1, 0.15) is 0 Å². The van der Waals surface area contributed by atoms with E-state index < -0.39 is 0 Å². The van der Waals surface area contributed by atoms with Crippen LogP contribution in [0.1, 0.15) is 56.6 Å². The molecule has 2 aromatic carbocycles. The summed E-state index contributed by atoms with van der Waals surface area (Å²) in [5, 5.41) is 4.39. The van der Waals surface area contributed by atoms with Crippen molar-refractivity contribution >= 4 is 11.6 Å². The van der Waals surface area contributed by atoms with Crippen LogP contribution in [0, 0.1) is 0 Å². The maximum absolute atomic E-state index is 12.8. The minimum absolute atomic E-state index is 0.0860. The summed E-state index contributed by atoms with van der Waals surface area (Å²) >= 11 is 0. The standard InChI is InChI=1S/C21H26N2O/c1-3-11-19(12-4-2)22-23-21(24)20(17-13-7-5-8-14-17)18-15-9-6-10-16-18/h5-10,13-16,20H,3-4,11-12H2,1-2H3,(H,23,24). The number of rotatable bonds is 8. The lowest BCUT2D eigenvalue weighted by molar-refractivity contribution is -0.121. The molecule has 0 saturated heterocycles. The molecule has 2 rings (SSSR count). The predicted molar refractivity (Wildman–Crippen MR) is 100 cm³/mol. The van der Waals surface area contributed by atoms with E-state index in [0.717, 1.165) is 42.5 Å². The van der Waals surface area contributed by atoms with Crippen LogP contribution in [0.5, 0.6) is 0 Å². The van der Waals surface area contributed by atoms with Gasteiger partial charge in [-0.2, -0.15) is 5.10 Å². The number of hydrogen-bond donors (Lipinski definition) is 1. The van der Waals surface area contributed by atoms with Crippen molar-refractivity contribution in [1.29, 1.82) is 0 Å². The van der Waals surface area contributed by atoms with Gasteiger partial charge < -0.3 is 0 Å². The van der Waals surface area contributed by atoms with Crippen LogP contribution in [-0.4, -0.2) is 11.6 Å². The highest BCUT2D eigenvalue weighted by Gasteiger charge is 2.22. The number of nitrogens with one attached hydrogen (secondary N) is 1. The van der Waals surface area contributed by atoms with Crippen molar-refractivity contribution in [3.8, 4) is 0 Å². The predicted octanol–water partition coefficient (Wildman–Crippen LogP) is 4.89. The molecule has 0 aliphatic heterocycles. The molecule has 0 bridgehead atoms. The Labute approximate surface area is 144 Å². The molecule has 0 unspecified atom stereocenters. The molecule has 0 saturated carbocycles. The van der Waals surface area contributed by atoms with Crippen LogP contribution in [0.4, 0.5) is 0 Å². The number of carbonyl (C=O) groups is 1. The molecule has 0 radical (unpaired) electrons. The fourth-order valence-corrected chi connectivity index (χ4v) is 2.80. The first kappa shape index (κ1) is 17.9. The van der Waals surface area contributed by atoms with Crippen LogP contribution in [0.15, 0.2) is 65.8 Å². The molecule has 0 heterocycles. The molecule has 0 aliphatic rings. The molecule has 0 spiro atoms. The Morgan fingerprint density at radius 1 is 0.875 bits per heavy atom. The number of hydrazone groups is 1. The van der Waals surface area contributed by atoms with E-state index in [-0.39, 0.29) is 11.8 Å². The van der Waals surface area contributed by atoms with Gasteiger partial charge in [-0.1, -0.05) is 87.4 Å². The first-order chi connectivity index (χ1) is 11.8. The van der Waals surface area contributed by atoms with Gasteiger partial charge >= 0.3 is 0 Å². The molecule has 3 heteroatoms. The Balaban J connectivity index is 2.24. The van der Waals surface area contributed by atoms with Gasteiger partial charge in [0, 0.05) is 5.71 Å². The Hall–Kier alpha value is -2.42. The van der Waals surface area contributed by atoms with Crippen molar-refractivity contribution in [2.45, 2.75) is 45.4 Å². The van der Waals surface area contributed by atoms with Gasteiger partial charge in [-0.05, 0) is 24.0 Å². The van der Waals surface area contributed by atoms with Gasteiger partial charge in [0.05, 0.1) is 5.92 Å². The zero-order chi connectivity index (χ0) is 17.2. The Bertz CT molecular complexity index is 603. The van der Waals surface area contributed by atoms with Crippen LogP contribution in [0.25, 0.3) is 0 Å². The van der Waals surface area contributed by atoms with E-state index in [9.17, 15) is 4.79 Å². The largest absolute Gasteiger partial charge is 0.272 e. The Morgan fingerprint density at radius 3 is 1.75 bits per heavy atom. The summed E-state index contributed by atoms with van der Waals surface area (Å²) < 4.78 is 0. The second-order valence-corrected chi connectivity index (χ2v) is 5.91. The number of amides is 1. The lowest BCUT2D eigenvalue weighted by atomic mass is 9.91. The first-order valence-corrected chi connectivity index (χ1v) is 8.71. The summed E-state index contributed by atoms with van der Waals surface area (Å²) in [7, 11) is 0. The Morgan fingerprint density at radius 2 is 1.33 bits per heavy atom. The number of carbonyl (C=O) groups excluding carboxylic acids is 1. The molecule has 1 N–H and O–H groups in total. The fourth-order valence-electron chi connectivity index (χ4n) is 2.80. The van der Waals surface area contributed by atoms with Crippen LogP contribution in [0.3, 0.4) is 0 Å². The van der Waals surface area contributed by atoms with Crippen LogP contribution < -0.4 is 5.43 Å². The average molecular weight is 322 g/mol. The third kappa shape index (κ3) is 5.05. The normalized spacial score (nSPS) is 10.5. The highest BCUT2D eigenvalue weighted by molar-refractivity contribution is 5.90. The SMILES string of the molecule is CCCC(CCC)=NNC(=O)C(c1ccccc1)c1ccccc1. The highest BCUT2D eigenvalue weighted by Crippen LogP contribution is 2.24. The van der Waals surface area contributed by atoms with Gasteiger partial charge in [-0.25, -0.2) is 5.43 Å². The quantitative estimate of drug-likeness (QED) is 0.545. The summed E-state index contributed by atoms with van der Waals surface area (Å²) in [4.78, 5) is 12.8. The maximum atomic E-state index is 12.8. The monoisotopic (exact) mass is 322 g/mol. The van der Waals surface area contributed by atoms with Crippen LogP contribution >= 0.6 is 0 Å². The van der Waals surface area contributed by atoms with E-state index in [1.54, 1.807) is 0 Å². The maximum Gasteiger partial charge on any atom is 0.252 e. The van der Waals surface area contributed by atoms with Gasteiger partial charge in [-0.3, -0.25) is 4.79 Å². The zero-order valence-corrected chi connectivity index (χ0v) is 14.5. The van der Waals surface area contributed by atoms with E-state index in [1.807, 2.05) is 60.7 Å². The lowest BCUT2D eigenvalue weighted by Crippen LogP contribution is -2.27. The molecule has 3 nitrogen and oxygen atoms in total. The molecule has 0 atom stereocenters. The third-order valence-corrected chi connectivity index (χ3v) is 3.93. The third-order valence-electron chi connectivity index (χ3n) is 3.93. The van der Waals surface area contributed by atoms with E-state index in [0.29, 0.717) is 0 Å². The lowest BCUT2D eigenvalue weighted by Gasteiger charge is -2.16. The number of benzene rings is 2. The molecular weight excluding hydrogens is 296 g/mol. The van der Waals surface area contributed by atoms with Crippen LogP contribution in [-0.2, 0) is 4.79 Å². The van der Waals surface area contributed by atoms with E-state index in [4.69, 9.17) is 0 Å². The summed E-state index contributed by atoms with van der Waals surface area (Å²) in [6.45, 7) is 4.26. The fraction of sp³-hybridized carbons (Fsp3) is 0.333. The van der Waals surface area contributed by atoms with Crippen molar-refractivity contribution in [2.24, 2.45) is 5.10 Å². The van der Waals surface area contributed by atoms with Gasteiger partial charge in [0.2, 0.25) is 0 Å². The van der Waals surface area contributed by atoms with Crippen molar-refractivity contribution in [2.75, 3.05) is 0 Å². The average Bonchev–Trinajstić information content (AvgIpc) is 2.62. The van der Waals surface area contributed by atoms with Crippen molar-refractivity contribution in [3.05, 3.63) is 71.8 Å². The minimum atomic E-state index is -0.347. The summed E-state index contributed by atoms with van der Waals surface area (Å²) in [5.41, 5.74) is 5.81. The minimum Gasteiger partial charge on any atom is -0.272 e. The molecule has 24 heavy (non-hydrogen) atoms. The topological polar surface area (TPSA) is 41.5 Å². The highest BCUT2D eigenvalue weighted by atomic mass is 16.2. The molecule has 0 aliphatic carbocycles. The summed E-state index contributed by atoms with van der Waals surface area (Å²) in [6.07, 6.45) is 3.93. The molecule has 0 aromatic heterocycles. The number of hydrogen-bond acceptors (Lipinski definition) is 2. The molecule has 2 aromatic rings. The van der Waals surface area contributed by atoms with E-state index >= 15 is 0 Å². The van der Waals surface area contributed by atoms with Crippen molar-refractivity contribution in [1.82, 2.24) is 5.43 Å². The molecule has 126 valence electrons. The summed E-state index contributed by atoms with van der Waals surface area (Å²) in [6, 6.07) is 19.7. The zero-order valence-electron chi connectivity index (χ0n) is 14.5. The van der Waals surface area contributed by atoms with Gasteiger partial charge in [0.25, 0.3) is 5.91 Å². The van der Waals surface area contributed by atoms with Crippen LogP contribution in [0.2, 0.25) is 0 Å². The second-order valence-electron chi connectivity index (χ2n) is 5.91.